The Morgan fingerprint density at radius 2 is 1.14 bits per heavy atom. The van der Waals surface area contributed by atoms with Gasteiger partial charge >= 0.3 is 17.9 Å². The molecule has 5 rings (SSSR count). The highest BCUT2D eigenvalue weighted by Crippen LogP contribution is 2.38. The van der Waals surface area contributed by atoms with E-state index in [-0.39, 0.29) is 114 Å². The summed E-state index contributed by atoms with van der Waals surface area (Å²) in [6.45, 7) is 6.79. The highest BCUT2D eigenvalue weighted by Gasteiger charge is 2.33. The van der Waals surface area contributed by atoms with Crippen molar-refractivity contribution in [2.24, 2.45) is 5.14 Å². The summed E-state index contributed by atoms with van der Waals surface area (Å²) in [5.41, 5.74) is 1.04. The molecular weight excluding hydrogens is 1350 g/mol. The van der Waals surface area contributed by atoms with E-state index < -0.39 is 98.2 Å². The van der Waals surface area contributed by atoms with Crippen molar-refractivity contribution in [3.63, 3.8) is 0 Å². The van der Waals surface area contributed by atoms with Crippen LogP contribution >= 0.6 is 11.3 Å². The molecule has 4 aromatic rings. The number of anilines is 1. The second kappa shape index (κ2) is 42.8. The molecule has 38 heteroatoms. The second-order valence-electron chi connectivity index (χ2n) is 23.6. The molecule has 550 valence electrons. The molecule has 0 aliphatic carbocycles. The number of esters is 1. The number of rotatable bonds is 43. The molecule has 12 N–H and O–H groups in total. The minimum atomic E-state index is -4.09. The minimum Gasteiger partial charge on any atom is -0.508 e. The molecule has 1 aliphatic heterocycles. The molecule has 1 aliphatic rings. The highest BCUT2D eigenvalue weighted by atomic mass is 32.2. The molecule has 1 saturated heterocycles. The fraction of sp³-hybridized carbons (Fsp3) is 0.565. The van der Waals surface area contributed by atoms with Crippen molar-refractivity contribution in [2.75, 3.05) is 130 Å². The van der Waals surface area contributed by atoms with E-state index in [1.807, 2.05) is 26.5 Å². The average molecular weight is 1440 g/mol. The van der Waals surface area contributed by atoms with Gasteiger partial charge in [0, 0.05) is 96.4 Å². The van der Waals surface area contributed by atoms with Crippen LogP contribution in [0.2, 0.25) is 0 Å². The number of sulfonamides is 1. The van der Waals surface area contributed by atoms with Crippen molar-refractivity contribution >= 4 is 92.4 Å². The zero-order valence-corrected chi connectivity index (χ0v) is 57.5. The SMILES string of the molecule is COC(=O)CN1CCN(CC=O)CCN(CC=O)CCN(CC(=O)NCCOCCOCCNC(=O)[C@H](CCCCn2cc(CCCC(=O)Nc3nnc(S(N)(=O)=O)s3)nn2)NC(=O)C[C@H](NC(=O)C[C@H](NC(=O)CCC(C)(c2ccc(O)cc2)c2ccc(O)cc2)C(=O)O)C(=O)O)CC1. The zero-order valence-electron chi connectivity index (χ0n) is 55.8. The van der Waals surface area contributed by atoms with Crippen LogP contribution in [0.5, 0.6) is 11.5 Å². The maximum atomic E-state index is 13.7. The van der Waals surface area contributed by atoms with E-state index in [9.17, 15) is 81.6 Å². The lowest BCUT2D eigenvalue weighted by Gasteiger charge is -2.32. The molecule has 100 heavy (non-hydrogen) atoms. The van der Waals surface area contributed by atoms with Crippen LogP contribution in [0.3, 0.4) is 0 Å². The van der Waals surface area contributed by atoms with Crippen LogP contribution in [-0.4, -0.2) is 283 Å². The number of ether oxygens (including phenoxy) is 3. The Morgan fingerprint density at radius 1 is 0.630 bits per heavy atom. The number of aromatic hydroxyl groups is 2. The molecule has 0 radical (unpaired) electrons. The normalized spacial score (nSPS) is 14.8. The average Bonchev–Trinajstić information content (AvgIpc) is 0.982. The molecule has 1 fully saturated rings. The molecule has 2 aromatic heterocycles. The monoisotopic (exact) mass is 1440 g/mol. The topological polar surface area (TPSA) is 498 Å². The lowest BCUT2D eigenvalue weighted by Crippen LogP contribution is -2.51. The third-order valence-corrected chi connectivity index (χ3v) is 18.2. The fourth-order valence-electron chi connectivity index (χ4n) is 10.4. The number of nitrogens with zero attached hydrogens (tertiary/aromatic N) is 9. The van der Waals surface area contributed by atoms with Crippen molar-refractivity contribution in [1.82, 2.24) is 71.4 Å². The number of carboxylic acids is 2. The van der Waals surface area contributed by atoms with Gasteiger partial charge in [0.25, 0.3) is 10.0 Å². The van der Waals surface area contributed by atoms with Crippen LogP contribution in [-0.2, 0) is 95.4 Å². The highest BCUT2D eigenvalue weighted by molar-refractivity contribution is 7.91. The van der Waals surface area contributed by atoms with Gasteiger partial charge in [-0.25, -0.2) is 23.1 Å². The smallest absolute Gasteiger partial charge is 0.326 e. The van der Waals surface area contributed by atoms with E-state index in [0.717, 1.165) is 12.6 Å². The number of carbonyl (C=O) groups excluding carboxylic acids is 9. The Balaban J connectivity index is 1.10. The summed E-state index contributed by atoms with van der Waals surface area (Å²) in [6, 6.07) is 7.50. The van der Waals surface area contributed by atoms with E-state index in [4.69, 9.17) is 19.3 Å². The number of phenols is 2. The molecule has 0 spiro atoms. The number of methoxy groups -OCH3 is 1. The fourth-order valence-corrected chi connectivity index (χ4v) is 11.7. The first-order valence-electron chi connectivity index (χ1n) is 32.3. The van der Waals surface area contributed by atoms with E-state index in [1.165, 1.54) is 36.1 Å². The molecule has 3 heterocycles. The van der Waals surface area contributed by atoms with Crippen molar-refractivity contribution in [3.05, 3.63) is 71.5 Å². The number of nitrogens with two attached hydrogens (primary N) is 1. The summed E-state index contributed by atoms with van der Waals surface area (Å²) in [4.78, 5) is 147. The van der Waals surface area contributed by atoms with Gasteiger partial charge in [-0.15, -0.1) is 15.3 Å². The molecule has 0 saturated carbocycles. The van der Waals surface area contributed by atoms with Gasteiger partial charge in [0.15, 0.2) is 0 Å². The van der Waals surface area contributed by atoms with Crippen LogP contribution in [0.25, 0.3) is 0 Å². The number of carboxylic acid groups (broad SMARTS) is 2. The first-order chi connectivity index (χ1) is 47.8. The molecule has 0 unspecified atom stereocenters. The summed E-state index contributed by atoms with van der Waals surface area (Å²) < 4.78 is 40.2. The first kappa shape index (κ1) is 81.7. The van der Waals surface area contributed by atoms with Crippen LogP contribution in [0.4, 0.5) is 5.13 Å². The van der Waals surface area contributed by atoms with Gasteiger partial charge in [0.2, 0.25) is 44.9 Å². The van der Waals surface area contributed by atoms with Crippen molar-refractivity contribution < 1.29 is 95.8 Å². The molecule has 0 bridgehead atoms. The van der Waals surface area contributed by atoms with Crippen molar-refractivity contribution in [2.45, 2.75) is 106 Å². The van der Waals surface area contributed by atoms with E-state index in [0.29, 0.717) is 113 Å². The third kappa shape index (κ3) is 30.2. The number of aldehydes is 2. The van der Waals surface area contributed by atoms with Gasteiger partial charge < -0.3 is 76.1 Å². The molecule has 36 nitrogen and oxygen atoms in total. The van der Waals surface area contributed by atoms with Crippen molar-refractivity contribution in [3.8, 4) is 11.5 Å². The number of nitrogens with one attached hydrogen (secondary N) is 6. The number of aromatic nitrogens is 5. The van der Waals surface area contributed by atoms with Crippen LogP contribution in [0, 0.1) is 0 Å². The van der Waals surface area contributed by atoms with Gasteiger partial charge in [-0.1, -0.05) is 47.7 Å². The molecule has 3 atom stereocenters. The Kier molecular flexibility index (Phi) is 35.0. The van der Waals surface area contributed by atoms with E-state index >= 15 is 0 Å². The maximum absolute atomic E-state index is 13.7. The number of phenolic OH excluding ortho intramolecular Hbond substituents is 2. The molecule has 2 aromatic carbocycles. The van der Waals surface area contributed by atoms with Gasteiger partial charge in [-0.05, 0) is 73.9 Å². The van der Waals surface area contributed by atoms with Gasteiger partial charge in [0.1, 0.15) is 42.2 Å². The minimum absolute atomic E-state index is 0.00125. The number of aliphatic carboxylic acids is 2. The zero-order chi connectivity index (χ0) is 73.0. The van der Waals surface area contributed by atoms with Gasteiger partial charge in [0.05, 0.1) is 78.3 Å². The summed E-state index contributed by atoms with van der Waals surface area (Å²) >= 11 is 0.604. The van der Waals surface area contributed by atoms with E-state index in [1.54, 1.807) is 30.5 Å². The maximum Gasteiger partial charge on any atom is 0.326 e. The number of primary sulfonamides is 1. The number of hydrogen-bond acceptors (Lipinski definition) is 27. The summed E-state index contributed by atoms with van der Waals surface area (Å²) in [6.07, 6.45) is 2.74. The number of unbranched alkanes of at least 4 members (excludes halogenated alkanes) is 1. The second-order valence-corrected chi connectivity index (χ2v) is 26.3. The molecular formula is C62H90N16O20S2. The van der Waals surface area contributed by atoms with Crippen molar-refractivity contribution in [1.29, 1.82) is 0 Å². The van der Waals surface area contributed by atoms with E-state index in [2.05, 4.69) is 52.4 Å². The number of carbonyl (C=O) groups is 11. The summed E-state index contributed by atoms with van der Waals surface area (Å²) in [7, 11) is -2.79. The van der Waals surface area contributed by atoms with Crippen LogP contribution in [0.15, 0.2) is 59.1 Å². The predicted molar refractivity (Wildman–Crippen MR) is 356 cm³/mol. The number of hydrogen-bond donors (Lipinski definition) is 11. The van der Waals surface area contributed by atoms with Gasteiger partial charge in [-0.3, -0.25) is 57.8 Å². The number of benzene rings is 2. The Hall–Kier alpha value is -9.02. The summed E-state index contributed by atoms with van der Waals surface area (Å²) in [5.74, 6) is -7.97. The number of aryl methyl sites for hydroxylation is 2. The van der Waals surface area contributed by atoms with Gasteiger partial charge in [-0.2, -0.15) is 0 Å². The predicted octanol–water partition coefficient (Wildman–Crippen LogP) is -2.43. The third-order valence-electron chi connectivity index (χ3n) is 16.0. The lowest BCUT2D eigenvalue weighted by molar-refractivity contribution is -0.145. The largest absolute Gasteiger partial charge is 0.508 e. The van der Waals surface area contributed by atoms with Crippen LogP contribution in [0.1, 0.15) is 81.5 Å². The quantitative estimate of drug-likeness (QED) is 0.00950. The lowest BCUT2D eigenvalue weighted by atomic mass is 9.73. The molecule has 6 amide bonds. The number of amides is 6. The van der Waals surface area contributed by atoms with Crippen LogP contribution < -0.4 is 37.0 Å². The Bertz CT molecular complexity index is 3390. The summed E-state index contributed by atoms with van der Waals surface area (Å²) in [5, 5.41) is 75.3. The standard InChI is InChI=1S/C62H90N16O20S2/c1-62(43-9-13-46(81)14-10-43,44-11-15-47(82)16-12-44)18-17-52(84)67-49(58(90)91)38-54(86)68-50(59(92)93)39-53(85)66-48(7-3-4-21-78-40-45(70-73-78)6-5-8-51(83)69-60-71-72-61(99-60)100(63,94)95)57(89)65-20-35-98-37-36-97-34-19-64-55(87)41-76-26-24-74(30-32-79)22-23-75(31-33-80)25-27-77(29-28-76)42-56(88)96-2/h9-16,32-33,40,48-50,81-82H,3-8,17-31,34-39,41-42H2,1-2H3,(H,64,87)(H,65,89)(H,66,85)(H,67,84)(H,68,86)(H,90,91)(H,92,93)(H2,63,94,95)(H,69,71,83)/t48-,49-,50-/m0/s1. The Morgan fingerprint density at radius 3 is 1.65 bits per heavy atom. The first-order valence-corrected chi connectivity index (χ1v) is 34.6. The Labute approximate surface area is 581 Å².